The van der Waals surface area contributed by atoms with Crippen LogP contribution in [0, 0.1) is 0 Å². The number of hydrogen-bond donors (Lipinski definition) is 2. The van der Waals surface area contributed by atoms with Crippen LogP contribution >= 0.6 is 0 Å². The van der Waals surface area contributed by atoms with Crippen molar-refractivity contribution >= 4 is 0 Å². The van der Waals surface area contributed by atoms with Gasteiger partial charge >= 0.3 is 0 Å². The summed E-state index contributed by atoms with van der Waals surface area (Å²) in [6.07, 6.45) is 11.2. The average molecular weight is 289 g/mol. The average Bonchev–Trinajstić information content (AvgIpc) is 2.48. The highest BCUT2D eigenvalue weighted by Crippen LogP contribution is 2.42. The highest BCUT2D eigenvalue weighted by atomic mass is 16.3. The summed E-state index contributed by atoms with van der Waals surface area (Å²) in [5.41, 5.74) is 8.55. The van der Waals surface area contributed by atoms with Crippen molar-refractivity contribution in [2.45, 2.75) is 76.2 Å². The molecule has 1 aromatic carbocycles. The van der Waals surface area contributed by atoms with E-state index in [0.717, 1.165) is 12.8 Å². The first kappa shape index (κ1) is 16.5. The molecule has 0 amide bonds. The molecular weight excluding hydrogens is 258 g/mol. The third kappa shape index (κ3) is 4.82. The van der Waals surface area contributed by atoms with E-state index in [4.69, 9.17) is 5.73 Å². The Morgan fingerprint density at radius 2 is 1.67 bits per heavy atom. The summed E-state index contributed by atoms with van der Waals surface area (Å²) in [4.78, 5) is 0. The van der Waals surface area contributed by atoms with Gasteiger partial charge in [0, 0.05) is 5.54 Å². The second kappa shape index (κ2) is 7.95. The van der Waals surface area contributed by atoms with Crippen molar-refractivity contribution in [1.82, 2.24) is 0 Å². The highest BCUT2D eigenvalue weighted by molar-refractivity contribution is 5.29. The Bertz CT molecular complexity index is 406. The van der Waals surface area contributed by atoms with Crippen LogP contribution in [-0.2, 0) is 6.42 Å². The number of aliphatic hydroxyl groups is 1. The number of hydrogen-bond acceptors (Lipinski definition) is 2. The molecule has 1 aliphatic rings. The Hall–Kier alpha value is -0.860. The minimum Gasteiger partial charge on any atom is -0.394 e. The molecule has 3 N–H and O–H groups in total. The second-order valence-electron chi connectivity index (χ2n) is 6.89. The molecule has 0 heterocycles. The summed E-state index contributed by atoms with van der Waals surface area (Å²) in [6, 6.07) is 9.07. The number of aryl methyl sites for hydroxylation is 1. The molecule has 2 nitrogen and oxygen atoms in total. The molecule has 0 aliphatic heterocycles. The molecule has 0 aromatic heterocycles. The Morgan fingerprint density at radius 1 is 1.05 bits per heavy atom. The lowest BCUT2D eigenvalue weighted by Crippen LogP contribution is -2.53. The zero-order chi connectivity index (χ0) is 15.1. The fraction of sp³-hybridized carbons (Fsp3) is 0.684. The van der Waals surface area contributed by atoms with Crippen LogP contribution in [0.15, 0.2) is 24.3 Å². The lowest BCUT2D eigenvalue weighted by atomic mass is 9.66. The highest BCUT2D eigenvalue weighted by Gasteiger charge is 2.40. The normalized spacial score (nSPS) is 24.8. The summed E-state index contributed by atoms with van der Waals surface area (Å²) >= 11 is 0. The molecule has 0 saturated heterocycles. The van der Waals surface area contributed by atoms with Gasteiger partial charge in [-0.1, -0.05) is 63.3 Å². The molecule has 1 aliphatic carbocycles. The predicted molar refractivity (Wildman–Crippen MR) is 89.5 cm³/mol. The molecule has 0 bridgehead atoms. The quantitative estimate of drug-likeness (QED) is 0.671. The number of nitrogens with two attached hydrogens (primary N) is 1. The van der Waals surface area contributed by atoms with Gasteiger partial charge in [-0.3, -0.25) is 0 Å². The van der Waals surface area contributed by atoms with Gasteiger partial charge in [-0.2, -0.15) is 0 Å². The first-order valence-electron chi connectivity index (χ1n) is 8.65. The van der Waals surface area contributed by atoms with Crippen molar-refractivity contribution < 1.29 is 5.11 Å². The molecule has 0 unspecified atom stereocenters. The van der Waals surface area contributed by atoms with Crippen molar-refractivity contribution in [3.8, 4) is 0 Å². The van der Waals surface area contributed by atoms with Crippen LogP contribution in [0.5, 0.6) is 0 Å². The van der Waals surface area contributed by atoms with Crippen molar-refractivity contribution in [3.63, 3.8) is 0 Å². The molecule has 1 aromatic rings. The smallest absolute Gasteiger partial charge is 0.0611 e. The van der Waals surface area contributed by atoms with E-state index in [-0.39, 0.29) is 12.1 Å². The van der Waals surface area contributed by atoms with Crippen LogP contribution in [0.25, 0.3) is 0 Å². The standard InChI is InChI=1S/C19H31NO/c1-2-3-4-5-6-7-8-16-9-11-17(12-10-16)18-13-19(20,14-18)15-21/h9-12,18,21H,2-8,13-15,20H2,1H3. The Labute approximate surface area is 129 Å². The molecule has 2 rings (SSSR count). The monoisotopic (exact) mass is 289 g/mol. The van der Waals surface area contributed by atoms with E-state index < -0.39 is 0 Å². The molecule has 0 radical (unpaired) electrons. The largest absolute Gasteiger partial charge is 0.394 e. The summed E-state index contributed by atoms with van der Waals surface area (Å²) in [6.45, 7) is 2.37. The minimum atomic E-state index is -0.318. The SMILES string of the molecule is CCCCCCCCc1ccc(C2CC(N)(CO)C2)cc1. The third-order valence-corrected chi connectivity index (χ3v) is 4.89. The maximum Gasteiger partial charge on any atom is 0.0611 e. The van der Waals surface area contributed by atoms with E-state index >= 15 is 0 Å². The first-order valence-corrected chi connectivity index (χ1v) is 8.65. The topological polar surface area (TPSA) is 46.2 Å². The van der Waals surface area contributed by atoms with E-state index in [9.17, 15) is 5.11 Å². The Kier molecular flexibility index (Phi) is 6.25. The van der Waals surface area contributed by atoms with Crippen LogP contribution in [0.3, 0.4) is 0 Å². The van der Waals surface area contributed by atoms with Crippen LogP contribution < -0.4 is 5.73 Å². The van der Waals surface area contributed by atoms with Gasteiger partial charge < -0.3 is 10.8 Å². The predicted octanol–water partition coefficient (Wildman–Crippen LogP) is 4.16. The molecule has 21 heavy (non-hydrogen) atoms. The van der Waals surface area contributed by atoms with Gasteiger partial charge in [0.25, 0.3) is 0 Å². The van der Waals surface area contributed by atoms with Crippen LogP contribution in [0.4, 0.5) is 0 Å². The zero-order valence-corrected chi connectivity index (χ0v) is 13.5. The van der Waals surface area contributed by atoms with Crippen molar-refractivity contribution in [1.29, 1.82) is 0 Å². The minimum absolute atomic E-state index is 0.111. The Balaban J connectivity index is 1.68. The van der Waals surface area contributed by atoms with Gasteiger partial charge in [0.15, 0.2) is 0 Å². The van der Waals surface area contributed by atoms with Crippen molar-refractivity contribution in [2.24, 2.45) is 5.73 Å². The number of rotatable bonds is 9. The van der Waals surface area contributed by atoms with Gasteiger partial charge in [0.1, 0.15) is 0 Å². The van der Waals surface area contributed by atoms with E-state index in [1.807, 2.05) is 0 Å². The van der Waals surface area contributed by atoms with Gasteiger partial charge in [-0.05, 0) is 42.7 Å². The molecule has 1 saturated carbocycles. The van der Waals surface area contributed by atoms with E-state index in [2.05, 4.69) is 31.2 Å². The summed E-state index contributed by atoms with van der Waals surface area (Å²) in [5.74, 6) is 0.547. The number of aliphatic hydroxyl groups excluding tert-OH is 1. The summed E-state index contributed by atoms with van der Waals surface area (Å²) in [5, 5.41) is 9.20. The van der Waals surface area contributed by atoms with Crippen molar-refractivity contribution in [3.05, 3.63) is 35.4 Å². The summed E-state index contributed by atoms with van der Waals surface area (Å²) < 4.78 is 0. The van der Waals surface area contributed by atoms with Gasteiger partial charge in [0.2, 0.25) is 0 Å². The molecule has 2 heteroatoms. The van der Waals surface area contributed by atoms with Gasteiger partial charge in [0.05, 0.1) is 6.61 Å². The Morgan fingerprint density at radius 3 is 2.29 bits per heavy atom. The zero-order valence-electron chi connectivity index (χ0n) is 13.5. The van der Waals surface area contributed by atoms with Gasteiger partial charge in [-0.15, -0.1) is 0 Å². The van der Waals surface area contributed by atoms with Crippen LogP contribution in [0.1, 0.15) is 75.3 Å². The lowest BCUT2D eigenvalue weighted by Gasteiger charge is -2.44. The van der Waals surface area contributed by atoms with E-state index in [1.54, 1.807) is 0 Å². The lowest BCUT2D eigenvalue weighted by molar-refractivity contribution is 0.106. The molecule has 118 valence electrons. The maximum atomic E-state index is 9.20. The molecule has 0 spiro atoms. The first-order chi connectivity index (χ1) is 10.2. The van der Waals surface area contributed by atoms with Gasteiger partial charge in [-0.25, -0.2) is 0 Å². The number of benzene rings is 1. The fourth-order valence-corrected chi connectivity index (χ4v) is 3.35. The molecule has 1 fully saturated rings. The fourth-order valence-electron chi connectivity index (χ4n) is 3.35. The van der Waals surface area contributed by atoms with Crippen molar-refractivity contribution in [2.75, 3.05) is 6.61 Å². The second-order valence-corrected chi connectivity index (χ2v) is 6.89. The van der Waals surface area contributed by atoms with E-state index in [1.165, 1.54) is 56.1 Å². The van der Waals surface area contributed by atoms with E-state index in [0.29, 0.717) is 5.92 Å². The van der Waals surface area contributed by atoms with Crippen LogP contribution in [0.2, 0.25) is 0 Å². The maximum absolute atomic E-state index is 9.20. The molecular formula is C19H31NO. The summed E-state index contributed by atoms with van der Waals surface area (Å²) in [7, 11) is 0. The van der Waals surface area contributed by atoms with Crippen LogP contribution in [-0.4, -0.2) is 17.3 Å². The number of unbranched alkanes of at least 4 members (excludes halogenated alkanes) is 5. The third-order valence-electron chi connectivity index (χ3n) is 4.89. The molecule has 0 atom stereocenters.